The third-order valence-electron chi connectivity index (χ3n) is 3.27. The van der Waals surface area contributed by atoms with Gasteiger partial charge in [0.05, 0.1) is 12.7 Å². The van der Waals surface area contributed by atoms with Crippen LogP contribution >= 0.6 is 0 Å². The van der Waals surface area contributed by atoms with Crippen molar-refractivity contribution >= 4 is 0 Å². The van der Waals surface area contributed by atoms with Crippen LogP contribution in [0.3, 0.4) is 0 Å². The first-order valence-corrected chi connectivity index (χ1v) is 7.69. The number of hydrogen-bond acceptors (Lipinski definition) is 3. The van der Waals surface area contributed by atoms with Crippen molar-refractivity contribution in [3.05, 3.63) is 0 Å². The molecule has 0 aromatic carbocycles. The van der Waals surface area contributed by atoms with Gasteiger partial charge in [0.1, 0.15) is 0 Å². The fraction of sp³-hybridized carbons (Fsp3) is 1.00. The molecule has 0 rings (SSSR count). The molecule has 0 heterocycles. The van der Waals surface area contributed by atoms with E-state index in [-0.39, 0.29) is 6.10 Å². The van der Waals surface area contributed by atoms with Crippen LogP contribution in [0.5, 0.6) is 0 Å². The molecule has 110 valence electrons. The third-order valence-corrected chi connectivity index (χ3v) is 3.27. The molecule has 0 saturated carbocycles. The zero-order valence-corrected chi connectivity index (χ0v) is 12.6. The number of hydrogen-bond donors (Lipinski definition) is 2. The molecule has 2 N–H and O–H groups in total. The minimum Gasteiger partial charge on any atom is -0.389 e. The summed E-state index contributed by atoms with van der Waals surface area (Å²) in [6, 6.07) is 0.471. The van der Waals surface area contributed by atoms with E-state index in [4.69, 9.17) is 4.74 Å². The normalized spacial score (nSPS) is 14.7. The van der Waals surface area contributed by atoms with E-state index in [1.807, 2.05) is 0 Å². The SMILES string of the molecule is CCCCCCCCOCC(O)CNC(C)CC. The van der Waals surface area contributed by atoms with Gasteiger partial charge in [-0.3, -0.25) is 0 Å². The van der Waals surface area contributed by atoms with E-state index in [1.165, 1.54) is 32.1 Å². The number of nitrogens with one attached hydrogen (secondary N) is 1. The van der Waals surface area contributed by atoms with Gasteiger partial charge in [-0.25, -0.2) is 0 Å². The number of ether oxygens (including phenoxy) is 1. The molecule has 0 amide bonds. The van der Waals surface area contributed by atoms with Crippen LogP contribution in [0, 0.1) is 0 Å². The summed E-state index contributed by atoms with van der Waals surface area (Å²) in [5.41, 5.74) is 0. The molecule has 0 aromatic heterocycles. The molecule has 0 aromatic rings. The van der Waals surface area contributed by atoms with E-state index in [2.05, 4.69) is 26.1 Å². The molecular weight excluding hydrogens is 226 g/mol. The topological polar surface area (TPSA) is 41.5 Å². The molecule has 2 unspecified atom stereocenters. The average Bonchev–Trinajstić information content (AvgIpc) is 2.39. The Morgan fingerprint density at radius 1 is 1.06 bits per heavy atom. The molecule has 0 saturated heterocycles. The first-order chi connectivity index (χ1) is 8.70. The van der Waals surface area contributed by atoms with Crippen LogP contribution in [0.1, 0.15) is 65.7 Å². The Bertz CT molecular complexity index is 165. The van der Waals surface area contributed by atoms with E-state index in [0.717, 1.165) is 19.4 Å². The molecule has 0 aliphatic heterocycles. The zero-order valence-electron chi connectivity index (χ0n) is 12.6. The van der Waals surface area contributed by atoms with Crippen molar-refractivity contribution in [2.45, 2.75) is 77.9 Å². The molecule has 3 heteroatoms. The molecular formula is C15H33NO2. The lowest BCUT2D eigenvalue weighted by atomic mass is 10.1. The lowest BCUT2D eigenvalue weighted by molar-refractivity contribution is 0.0343. The van der Waals surface area contributed by atoms with E-state index in [0.29, 0.717) is 19.2 Å². The fourth-order valence-corrected chi connectivity index (χ4v) is 1.74. The molecule has 2 atom stereocenters. The van der Waals surface area contributed by atoms with Gasteiger partial charge in [0.25, 0.3) is 0 Å². The van der Waals surface area contributed by atoms with Gasteiger partial charge < -0.3 is 15.2 Å². The van der Waals surface area contributed by atoms with E-state index in [9.17, 15) is 5.11 Å². The van der Waals surface area contributed by atoms with Gasteiger partial charge in [0.2, 0.25) is 0 Å². The molecule has 0 spiro atoms. The minimum atomic E-state index is -0.376. The number of unbranched alkanes of at least 4 members (excludes halogenated alkanes) is 5. The smallest absolute Gasteiger partial charge is 0.0897 e. The first-order valence-electron chi connectivity index (χ1n) is 7.69. The Hall–Kier alpha value is -0.120. The standard InChI is InChI=1S/C15H33NO2/c1-4-6-7-8-9-10-11-18-13-15(17)12-16-14(3)5-2/h14-17H,4-13H2,1-3H3. The Kier molecular flexibility index (Phi) is 13.2. The Labute approximate surface area is 113 Å². The maximum absolute atomic E-state index is 9.68. The molecule has 0 radical (unpaired) electrons. The van der Waals surface area contributed by atoms with Crippen molar-refractivity contribution in [1.82, 2.24) is 5.32 Å². The highest BCUT2D eigenvalue weighted by Crippen LogP contribution is 2.04. The van der Waals surface area contributed by atoms with Crippen molar-refractivity contribution in [2.75, 3.05) is 19.8 Å². The fourth-order valence-electron chi connectivity index (χ4n) is 1.74. The van der Waals surface area contributed by atoms with Gasteiger partial charge >= 0.3 is 0 Å². The van der Waals surface area contributed by atoms with Gasteiger partial charge in [-0.2, -0.15) is 0 Å². The Balaban J connectivity index is 3.17. The van der Waals surface area contributed by atoms with Crippen LogP contribution in [0.25, 0.3) is 0 Å². The first kappa shape index (κ1) is 17.9. The second-order valence-corrected chi connectivity index (χ2v) is 5.21. The Morgan fingerprint density at radius 2 is 1.72 bits per heavy atom. The predicted molar refractivity (Wildman–Crippen MR) is 78.0 cm³/mol. The number of aliphatic hydroxyl groups is 1. The highest BCUT2D eigenvalue weighted by molar-refractivity contribution is 4.63. The quantitative estimate of drug-likeness (QED) is 0.499. The summed E-state index contributed by atoms with van der Waals surface area (Å²) < 4.78 is 5.48. The van der Waals surface area contributed by atoms with Crippen molar-refractivity contribution in [3.63, 3.8) is 0 Å². The van der Waals surface area contributed by atoms with Gasteiger partial charge in [-0.1, -0.05) is 46.0 Å². The summed E-state index contributed by atoms with van der Waals surface area (Å²) in [5.74, 6) is 0. The summed E-state index contributed by atoms with van der Waals surface area (Å²) in [5, 5.41) is 13.0. The van der Waals surface area contributed by atoms with Crippen molar-refractivity contribution in [1.29, 1.82) is 0 Å². The second-order valence-electron chi connectivity index (χ2n) is 5.21. The minimum absolute atomic E-state index is 0.376. The summed E-state index contributed by atoms with van der Waals surface area (Å²) in [6.45, 7) is 8.37. The lowest BCUT2D eigenvalue weighted by Gasteiger charge is -2.15. The second kappa shape index (κ2) is 13.3. The van der Waals surface area contributed by atoms with Crippen molar-refractivity contribution < 1.29 is 9.84 Å². The summed E-state index contributed by atoms with van der Waals surface area (Å²) in [4.78, 5) is 0. The largest absolute Gasteiger partial charge is 0.389 e. The van der Waals surface area contributed by atoms with Crippen LogP contribution in [0.15, 0.2) is 0 Å². The summed E-state index contributed by atoms with van der Waals surface area (Å²) >= 11 is 0. The van der Waals surface area contributed by atoms with E-state index < -0.39 is 0 Å². The summed E-state index contributed by atoms with van der Waals surface area (Å²) in [7, 11) is 0. The van der Waals surface area contributed by atoms with Gasteiger partial charge in [0, 0.05) is 19.2 Å². The van der Waals surface area contributed by atoms with E-state index >= 15 is 0 Å². The maximum Gasteiger partial charge on any atom is 0.0897 e. The molecule has 18 heavy (non-hydrogen) atoms. The van der Waals surface area contributed by atoms with Crippen LogP contribution < -0.4 is 5.32 Å². The average molecular weight is 259 g/mol. The lowest BCUT2D eigenvalue weighted by Crippen LogP contribution is -2.35. The van der Waals surface area contributed by atoms with E-state index in [1.54, 1.807) is 0 Å². The predicted octanol–water partition coefficient (Wildman–Crippen LogP) is 3.11. The zero-order chi connectivity index (χ0) is 13.6. The van der Waals surface area contributed by atoms with Crippen molar-refractivity contribution in [3.8, 4) is 0 Å². The maximum atomic E-state index is 9.68. The van der Waals surface area contributed by atoms with Crippen molar-refractivity contribution in [2.24, 2.45) is 0 Å². The molecule has 0 bridgehead atoms. The van der Waals surface area contributed by atoms with Gasteiger partial charge in [-0.15, -0.1) is 0 Å². The highest BCUT2D eigenvalue weighted by Gasteiger charge is 2.05. The molecule has 0 fully saturated rings. The monoisotopic (exact) mass is 259 g/mol. The molecule has 3 nitrogen and oxygen atoms in total. The van der Waals surface area contributed by atoms with Gasteiger partial charge in [-0.05, 0) is 19.8 Å². The highest BCUT2D eigenvalue weighted by atomic mass is 16.5. The Morgan fingerprint density at radius 3 is 2.39 bits per heavy atom. The van der Waals surface area contributed by atoms with Crippen LogP contribution in [-0.2, 0) is 4.74 Å². The van der Waals surface area contributed by atoms with Crippen LogP contribution in [0.4, 0.5) is 0 Å². The summed E-state index contributed by atoms with van der Waals surface area (Å²) in [6.07, 6.45) is 8.39. The number of rotatable bonds is 13. The molecule has 0 aliphatic rings. The molecule has 0 aliphatic carbocycles. The van der Waals surface area contributed by atoms with Crippen LogP contribution in [0.2, 0.25) is 0 Å². The van der Waals surface area contributed by atoms with Gasteiger partial charge in [0.15, 0.2) is 0 Å². The number of aliphatic hydroxyl groups excluding tert-OH is 1. The third kappa shape index (κ3) is 12.3. The van der Waals surface area contributed by atoms with Crippen LogP contribution in [-0.4, -0.2) is 37.0 Å².